The molecule has 0 saturated heterocycles. The number of nitrogens with zero attached hydrogens (tertiary/aromatic N) is 1. The van der Waals surface area contributed by atoms with Crippen molar-refractivity contribution in [1.29, 1.82) is 0 Å². The summed E-state index contributed by atoms with van der Waals surface area (Å²) in [7, 11) is 0. The lowest BCUT2D eigenvalue weighted by Crippen LogP contribution is -2.33. The van der Waals surface area contributed by atoms with E-state index < -0.39 is 0 Å². The Hall–Kier alpha value is -2.63. The maximum absolute atomic E-state index is 12.7. The quantitative estimate of drug-likeness (QED) is 0.687. The maximum atomic E-state index is 12.7. The summed E-state index contributed by atoms with van der Waals surface area (Å²) in [4.78, 5) is 14.9. The Morgan fingerprint density at radius 3 is 2.68 bits per heavy atom. The molecular formula is C23H25NO4. The predicted molar refractivity (Wildman–Crippen MR) is 109 cm³/mol. The lowest BCUT2D eigenvalue weighted by Gasteiger charge is -2.30. The van der Waals surface area contributed by atoms with Crippen molar-refractivity contribution in [2.75, 3.05) is 19.9 Å². The average molecular weight is 379 g/mol. The molecular weight excluding hydrogens is 354 g/mol. The highest BCUT2D eigenvalue weighted by Crippen LogP contribution is 2.36. The fourth-order valence-electron chi connectivity index (χ4n) is 3.93. The van der Waals surface area contributed by atoms with E-state index in [2.05, 4.69) is 11.0 Å². The Morgan fingerprint density at radius 2 is 1.93 bits per heavy atom. The minimum absolute atomic E-state index is 0.174. The summed E-state index contributed by atoms with van der Waals surface area (Å²) < 4.78 is 11.7. The molecule has 0 aliphatic carbocycles. The van der Waals surface area contributed by atoms with Gasteiger partial charge in [-0.15, -0.1) is 0 Å². The normalized spacial score (nSPS) is 14.1. The number of benzene rings is 2. The molecule has 1 N–H and O–H groups in total. The molecule has 0 spiro atoms. The molecule has 3 aromatic rings. The summed E-state index contributed by atoms with van der Waals surface area (Å²) >= 11 is 0. The zero-order chi connectivity index (χ0) is 19.7. The molecule has 5 heteroatoms. The molecule has 0 amide bonds. The third kappa shape index (κ3) is 3.43. The zero-order valence-electron chi connectivity index (χ0n) is 16.3. The Balaban J connectivity index is 1.78. The van der Waals surface area contributed by atoms with E-state index in [4.69, 9.17) is 14.3 Å². The lowest BCUT2D eigenvalue weighted by molar-refractivity contribution is 0.0878. The molecule has 5 nitrogen and oxygen atoms in total. The third-order valence-electron chi connectivity index (χ3n) is 5.48. The summed E-state index contributed by atoms with van der Waals surface area (Å²) in [5, 5.41) is 10.0. The number of fused-ring (bicyclic) bond motifs is 2. The van der Waals surface area contributed by atoms with Crippen LogP contribution in [0.2, 0.25) is 0 Å². The molecule has 0 fully saturated rings. The Morgan fingerprint density at radius 1 is 1.14 bits per heavy atom. The van der Waals surface area contributed by atoms with Crippen LogP contribution in [0.1, 0.15) is 34.2 Å². The largest absolute Gasteiger partial charge is 0.477 e. The van der Waals surface area contributed by atoms with Crippen LogP contribution < -0.4 is 10.4 Å². The van der Waals surface area contributed by atoms with Crippen molar-refractivity contribution in [2.24, 2.45) is 0 Å². The molecule has 0 atom stereocenters. The van der Waals surface area contributed by atoms with Gasteiger partial charge in [-0.1, -0.05) is 30.3 Å². The van der Waals surface area contributed by atoms with Crippen molar-refractivity contribution < 1.29 is 14.3 Å². The zero-order valence-corrected chi connectivity index (χ0v) is 16.3. The van der Waals surface area contributed by atoms with Gasteiger partial charge < -0.3 is 14.3 Å². The Labute approximate surface area is 164 Å². The molecule has 146 valence electrons. The SMILES string of the molecule is Cc1c(Cc2ccccc2)c(=O)oc2c(C)c3c(cc12)CN(CCCO)CO3. The minimum atomic E-state index is -0.280. The highest BCUT2D eigenvalue weighted by Gasteiger charge is 2.23. The molecule has 0 radical (unpaired) electrons. The monoisotopic (exact) mass is 379 g/mol. The first-order valence-corrected chi connectivity index (χ1v) is 9.67. The molecule has 2 aromatic carbocycles. The van der Waals surface area contributed by atoms with Crippen molar-refractivity contribution in [3.8, 4) is 5.75 Å². The number of ether oxygens (including phenoxy) is 1. The van der Waals surface area contributed by atoms with Gasteiger partial charge in [-0.3, -0.25) is 4.90 Å². The van der Waals surface area contributed by atoms with Gasteiger partial charge in [0.05, 0.1) is 0 Å². The predicted octanol–water partition coefficient (Wildman–Crippen LogP) is 3.53. The van der Waals surface area contributed by atoms with Gasteiger partial charge in [0.2, 0.25) is 0 Å². The highest BCUT2D eigenvalue weighted by atomic mass is 16.5. The fourth-order valence-corrected chi connectivity index (χ4v) is 3.93. The van der Waals surface area contributed by atoms with Crippen molar-refractivity contribution >= 4 is 11.0 Å². The number of aliphatic hydroxyl groups is 1. The second kappa shape index (κ2) is 7.78. The van der Waals surface area contributed by atoms with Crippen molar-refractivity contribution in [3.63, 3.8) is 0 Å². The van der Waals surface area contributed by atoms with E-state index in [-0.39, 0.29) is 12.2 Å². The maximum Gasteiger partial charge on any atom is 0.340 e. The molecule has 1 aliphatic heterocycles. The number of aliphatic hydroxyl groups excluding tert-OH is 1. The molecule has 28 heavy (non-hydrogen) atoms. The van der Waals surface area contributed by atoms with Crippen LogP contribution in [-0.2, 0) is 13.0 Å². The van der Waals surface area contributed by atoms with Gasteiger partial charge in [-0.05, 0) is 37.5 Å². The van der Waals surface area contributed by atoms with Crippen molar-refractivity contribution in [1.82, 2.24) is 4.90 Å². The standard InChI is InChI=1S/C23H25NO4/c1-15-19-12-18-13-24(9-6-10-25)14-27-21(18)16(2)22(19)28-23(26)20(15)11-17-7-4-3-5-8-17/h3-5,7-8,12,25H,6,9-11,13-14H2,1-2H3. The molecule has 1 aromatic heterocycles. The van der Waals surface area contributed by atoms with Crippen LogP contribution >= 0.6 is 0 Å². The van der Waals surface area contributed by atoms with Crippen LogP contribution in [0, 0.1) is 13.8 Å². The van der Waals surface area contributed by atoms with E-state index in [1.807, 2.05) is 44.2 Å². The molecule has 0 saturated carbocycles. The number of hydrogen-bond acceptors (Lipinski definition) is 5. The minimum Gasteiger partial charge on any atom is -0.477 e. The highest BCUT2D eigenvalue weighted by molar-refractivity contribution is 5.87. The summed E-state index contributed by atoms with van der Waals surface area (Å²) in [5.41, 5.74) is 5.06. The Kier molecular flexibility index (Phi) is 5.20. The fraction of sp³-hybridized carbons (Fsp3) is 0.348. The van der Waals surface area contributed by atoms with Crippen LogP contribution in [0.3, 0.4) is 0 Å². The topological polar surface area (TPSA) is 62.9 Å². The van der Waals surface area contributed by atoms with Gasteiger partial charge in [-0.25, -0.2) is 4.79 Å². The smallest absolute Gasteiger partial charge is 0.340 e. The van der Waals surface area contributed by atoms with Crippen LogP contribution in [0.4, 0.5) is 0 Å². The summed E-state index contributed by atoms with van der Waals surface area (Å²) in [6.07, 6.45) is 1.28. The first-order chi connectivity index (χ1) is 13.6. The molecule has 1 aliphatic rings. The van der Waals surface area contributed by atoms with E-state index in [0.717, 1.165) is 52.9 Å². The van der Waals surface area contributed by atoms with E-state index in [1.54, 1.807) is 0 Å². The van der Waals surface area contributed by atoms with Crippen molar-refractivity contribution in [3.05, 3.63) is 74.6 Å². The van der Waals surface area contributed by atoms with Crippen LogP contribution in [0.25, 0.3) is 11.0 Å². The van der Waals surface area contributed by atoms with E-state index >= 15 is 0 Å². The van der Waals surface area contributed by atoms with Crippen LogP contribution in [-0.4, -0.2) is 29.9 Å². The van der Waals surface area contributed by atoms with E-state index in [1.165, 1.54) is 0 Å². The van der Waals surface area contributed by atoms with Gasteiger partial charge >= 0.3 is 5.63 Å². The van der Waals surface area contributed by atoms with Crippen LogP contribution in [0.15, 0.2) is 45.6 Å². The Bertz CT molecular complexity index is 1060. The molecule has 0 unspecified atom stereocenters. The third-order valence-corrected chi connectivity index (χ3v) is 5.48. The first-order valence-electron chi connectivity index (χ1n) is 9.67. The van der Waals surface area contributed by atoms with Gasteiger partial charge in [-0.2, -0.15) is 0 Å². The first kappa shape index (κ1) is 18.7. The summed E-state index contributed by atoms with van der Waals surface area (Å²) in [6.45, 7) is 6.15. The van der Waals surface area contributed by atoms with Gasteiger partial charge in [0.1, 0.15) is 18.1 Å². The van der Waals surface area contributed by atoms with E-state index in [9.17, 15) is 4.79 Å². The summed E-state index contributed by atoms with van der Waals surface area (Å²) in [5.74, 6) is 0.811. The van der Waals surface area contributed by atoms with Gasteiger partial charge in [0.25, 0.3) is 0 Å². The van der Waals surface area contributed by atoms with Gasteiger partial charge in [0, 0.05) is 48.2 Å². The van der Waals surface area contributed by atoms with Crippen molar-refractivity contribution in [2.45, 2.75) is 33.2 Å². The van der Waals surface area contributed by atoms with Crippen LogP contribution in [0.5, 0.6) is 5.75 Å². The second-order valence-electron chi connectivity index (χ2n) is 7.43. The second-order valence-corrected chi connectivity index (χ2v) is 7.43. The molecule has 4 rings (SSSR count). The lowest BCUT2D eigenvalue weighted by atomic mass is 9.96. The average Bonchev–Trinajstić information content (AvgIpc) is 2.71. The molecule has 0 bridgehead atoms. The van der Waals surface area contributed by atoms with E-state index in [0.29, 0.717) is 24.3 Å². The molecule has 2 heterocycles. The number of rotatable bonds is 5. The number of aryl methyl sites for hydroxylation is 2. The summed E-state index contributed by atoms with van der Waals surface area (Å²) in [6, 6.07) is 12.1. The number of hydrogen-bond donors (Lipinski definition) is 1. The van der Waals surface area contributed by atoms with Gasteiger partial charge in [0.15, 0.2) is 0 Å².